The molecule has 1 nitrogen and oxygen atoms in total. The minimum Gasteiger partial charge on any atom is -1.00 e. The Labute approximate surface area is 79.4 Å². The van der Waals surface area contributed by atoms with Crippen LogP contribution in [0, 0.1) is 0 Å². The van der Waals surface area contributed by atoms with Gasteiger partial charge in [-0.05, 0) is 38.7 Å². The van der Waals surface area contributed by atoms with Crippen LogP contribution in [0.5, 0.6) is 0 Å². The molecule has 1 aliphatic heterocycles. The molecule has 2 unspecified atom stereocenters. The average molecular weight is 210 g/mol. The molecule has 0 bridgehead atoms. The summed E-state index contributed by atoms with van der Waals surface area (Å²) in [5.41, 5.74) is 0. The van der Waals surface area contributed by atoms with E-state index in [1.54, 1.807) is 6.04 Å². The van der Waals surface area contributed by atoms with Crippen LogP contribution in [-0.2, 0) is 0 Å². The zero-order valence-corrected chi connectivity index (χ0v) is 11.0. The molecular formula is C7H20ClNSi2. The van der Waals surface area contributed by atoms with Crippen molar-refractivity contribution in [2.24, 2.45) is 0 Å². The molecule has 68 valence electrons. The smallest absolute Gasteiger partial charge is 0.257 e. The predicted molar refractivity (Wildman–Crippen MR) is 51.6 cm³/mol. The van der Waals surface area contributed by atoms with E-state index in [2.05, 4.69) is 30.4 Å². The number of rotatable bonds is 1. The summed E-state index contributed by atoms with van der Waals surface area (Å²) in [4.78, 5) is 0. The van der Waals surface area contributed by atoms with E-state index in [0.717, 1.165) is 0 Å². The molecule has 0 amide bonds. The number of quaternary nitrogens is 1. The fourth-order valence-corrected chi connectivity index (χ4v) is 11.3. The summed E-state index contributed by atoms with van der Waals surface area (Å²) in [5.74, 6) is 0. The molecule has 1 rings (SSSR count). The molecule has 0 aromatic carbocycles. The molecule has 1 aliphatic rings. The minimum atomic E-state index is -0.809. The second-order valence-electron chi connectivity index (χ2n) is 4.57. The van der Waals surface area contributed by atoms with Gasteiger partial charge in [0.05, 0.1) is 0 Å². The van der Waals surface area contributed by atoms with Crippen LogP contribution in [-0.4, -0.2) is 23.7 Å². The van der Waals surface area contributed by atoms with Crippen molar-refractivity contribution in [2.45, 2.75) is 38.7 Å². The van der Waals surface area contributed by atoms with E-state index in [4.69, 9.17) is 0 Å². The van der Waals surface area contributed by atoms with Crippen LogP contribution in [0.3, 0.4) is 0 Å². The van der Waals surface area contributed by atoms with Crippen molar-refractivity contribution >= 4 is 17.2 Å². The number of hydrogen-bond acceptors (Lipinski definition) is 0. The van der Waals surface area contributed by atoms with E-state index in [-0.39, 0.29) is 21.4 Å². The second-order valence-corrected chi connectivity index (χ2v) is 13.4. The Bertz CT molecular complexity index is 124. The third-order valence-electron chi connectivity index (χ3n) is 2.64. The highest BCUT2D eigenvalue weighted by Gasteiger charge is 2.37. The van der Waals surface area contributed by atoms with Crippen LogP contribution in [0.2, 0.25) is 32.2 Å². The molecule has 4 heteroatoms. The lowest BCUT2D eigenvalue weighted by Gasteiger charge is -2.30. The van der Waals surface area contributed by atoms with Crippen molar-refractivity contribution < 1.29 is 16.6 Å². The first-order valence-corrected chi connectivity index (χ1v) is 10.4. The predicted octanol–water partition coefficient (Wildman–Crippen LogP) is -2.53. The summed E-state index contributed by atoms with van der Waals surface area (Å²) in [5, 5.41) is 0. The molecule has 1 N–H and O–H groups in total. The van der Waals surface area contributed by atoms with Gasteiger partial charge in [-0.1, -0.05) is 0 Å². The van der Waals surface area contributed by atoms with Gasteiger partial charge in [-0.25, -0.2) is 0 Å². The van der Waals surface area contributed by atoms with E-state index in [1.807, 2.05) is 0 Å². The molecule has 1 fully saturated rings. The Balaban J connectivity index is 0.000001000. The van der Waals surface area contributed by atoms with E-state index < -0.39 is 8.24 Å². The molecule has 0 radical (unpaired) electrons. The maximum absolute atomic E-state index is 2.54. The lowest BCUT2D eigenvalue weighted by molar-refractivity contribution is -0.667. The first-order valence-electron chi connectivity index (χ1n) is 4.38. The van der Waals surface area contributed by atoms with Crippen molar-refractivity contribution in [3.63, 3.8) is 0 Å². The van der Waals surface area contributed by atoms with E-state index >= 15 is 0 Å². The number of halogens is 1. The molecule has 1 heterocycles. The van der Waals surface area contributed by atoms with Crippen LogP contribution in [0.4, 0.5) is 0 Å². The van der Waals surface area contributed by atoms with Gasteiger partial charge in [-0.3, -0.25) is 0 Å². The molecule has 2 atom stereocenters. The Hall–Kier alpha value is 0.684. The van der Waals surface area contributed by atoms with Crippen molar-refractivity contribution in [3.05, 3.63) is 0 Å². The largest absolute Gasteiger partial charge is 1.00 e. The van der Waals surface area contributed by atoms with Gasteiger partial charge >= 0.3 is 0 Å². The zero-order valence-electron chi connectivity index (χ0n) is 8.08. The summed E-state index contributed by atoms with van der Waals surface area (Å²) in [6.45, 7) is 11.6. The van der Waals surface area contributed by atoms with Gasteiger partial charge in [0.25, 0.3) is 8.24 Å². The van der Waals surface area contributed by atoms with Crippen LogP contribution >= 0.6 is 0 Å². The lowest BCUT2D eigenvalue weighted by Crippen LogP contribution is -3.24. The van der Waals surface area contributed by atoms with E-state index in [0.29, 0.717) is 0 Å². The van der Waals surface area contributed by atoms with Gasteiger partial charge in [0.15, 0.2) is 0 Å². The lowest BCUT2D eigenvalue weighted by atomic mass is 10.5. The third-order valence-corrected chi connectivity index (χ3v) is 11.6. The Morgan fingerprint density at radius 1 is 1.27 bits per heavy atom. The Morgan fingerprint density at radius 2 is 1.82 bits per heavy atom. The highest BCUT2D eigenvalue weighted by Crippen LogP contribution is 2.01. The van der Waals surface area contributed by atoms with Crippen LogP contribution in [0.25, 0.3) is 0 Å². The Morgan fingerprint density at radius 3 is 2.00 bits per heavy atom. The quantitative estimate of drug-likeness (QED) is 0.455. The van der Waals surface area contributed by atoms with Crippen LogP contribution < -0.4 is 16.6 Å². The van der Waals surface area contributed by atoms with Crippen LogP contribution in [0.1, 0.15) is 6.42 Å². The Kier molecular flexibility index (Phi) is 4.33. The van der Waals surface area contributed by atoms with Crippen molar-refractivity contribution in [1.82, 2.24) is 0 Å². The fraction of sp³-hybridized carbons (Fsp3) is 1.00. The molecule has 1 saturated heterocycles. The summed E-state index contributed by atoms with van der Waals surface area (Å²) in [7, 11) is -1.12. The summed E-state index contributed by atoms with van der Waals surface area (Å²) >= 11 is 0. The molecular weight excluding hydrogens is 190 g/mol. The molecule has 0 aliphatic carbocycles. The van der Waals surface area contributed by atoms with Gasteiger partial charge in [-0.2, -0.15) is 0 Å². The maximum atomic E-state index is 2.54. The summed E-state index contributed by atoms with van der Waals surface area (Å²) < 4.78 is 2.06. The monoisotopic (exact) mass is 209 g/mol. The van der Waals surface area contributed by atoms with E-state index in [1.165, 1.54) is 13.0 Å². The normalized spacial score (nSPS) is 31.6. The van der Waals surface area contributed by atoms with Gasteiger partial charge in [0.2, 0.25) is 8.96 Å². The first-order chi connectivity index (χ1) is 4.52. The van der Waals surface area contributed by atoms with Gasteiger partial charge < -0.3 is 16.6 Å². The van der Waals surface area contributed by atoms with Gasteiger partial charge in [0, 0.05) is 6.54 Å². The number of nitrogens with one attached hydrogen (secondary N) is 1. The third kappa shape index (κ3) is 2.89. The standard InChI is InChI=1S/C7H19NSi2.ClH/c1-9-7-5-6-8(9)10(2,3)4;/h9H,5-7H2,1-4H3;1H. The van der Waals surface area contributed by atoms with Crippen molar-refractivity contribution in [1.29, 1.82) is 0 Å². The SMILES string of the molecule is C[SiH]1CCC[NH+]1[Si](C)(C)C.[Cl-]. The highest BCUT2D eigenvalue weighted by molar-refractivity contribution is 6.73. The molecule has 0 aromatic rings. The molecule has 0 aromatic heterocycles. The van der Waals surface area contributed by atoms with Gasteiger partial charge in [0.1, 0.15) is 0 Å². The van der Waals surface area contributed by atoms with E-state index in [9.17, 15) is 0 Å². The topological polar surface area (TPSA) is 4.44 Å². The second kappa shape index (κ2) is 4.07. The first kappa shape index (κ1) is 11.7. The fourth-order valence-electron chi connectivity index (χ4n) is 2.13. The number of hydrogen-bond donors (Lipinski definition) is 1. The van der Waals surface area contributed by atoms with Gasteiger partial charge in [-0.15, -0.1) is 0 Å². The molecule has 0 spiro atoms. The maximum Gasteiger partial charge on any atom is 0.257 e. The zero-order chi connectivity index (χ0) is 7.78. The minimum absolute atomic E-state index is 0. The van der Waals surface area contributed by atoms with Crippen molar-refractivity contribution in [3.8, 4) is 0 Å². The average Bonchev–Trinajstić information content (AvgIpc) is 2.11. The van der Waals surface area contributed by atoms with Crippen molar-refractivity contribution in [2.75, 3.05) is 6.54 Å². The molecule has 11 heavy (non-hydrogen) atoms. The highest BCUT2D eigenvalue weighted by atomic mass is 35.5. The summed E-state index contributed by atoms with van der Waals surface area (Å²) in [6, 6.07) is 1.60. The summed E-state index contributed by atoms with van der Waals surface area (Å²) in [6.07, 6.45) is 1.52. The van der Waals surface area contributed by atoms with Crippen LogP contribution in [0.15, 0.2) is 0 Å². The molecule has 0 saturated carbocycles.